The van der Waals surface area contributed by atoms with Crippen LogP contribution in [0.15, 0.2) is 54.6 Å². The van der Waals surface area contributed by atoms with Gasteiger partial charge in [0.2, 0.25) is 17.8 Å². The highest BCUT2D eigenvalue weighted by molar-refractivity contribution is 5.91. The van der Waals surface area contributed by atoms with Crippen LogP contribution in [0.3, 0.4) is 0 Å². The molecule has 1 heterocycles. The minimum Gasteiger partial charge on any atom is -0.349 e. The summed E-state index contributed by atoms with van der Waals surface area (Å²) < 4.78 is 0. The molecule has 2 amide bonds. The molecule has 0 saturated carbocycles. The molecule has 0 aliphatic rings. The first-order chi connectivity index (χ1) is 11.6. The van der Waals surface area contributed by atoms with E-state index in [-0.39, 0.29) is 24.3 Å². The summed E-state index contributed by atoms with van der Waals surface area (Å²) in [6.07, 6.45) is 0.126. The Morgan fingerprint density at radius 2 is 1.79 bits per heavy atom. The molecule has 0 aliphatic carbocycles. The fourth-order valence-corrected chi connectivity index (χ4v) is 2.56. The second-order valence-electron chi connectivity index (χ2n) is 5.52. The Morgan fingerprint density at radius 3 is 2.50 bits per heavy atom. The van der Waals surface area contributed by atoms with Crippen molar-refractivity contribution in [2.75, 3.05) is 5.32 Å². The Morgan fingerprint density at radius 1 is 1.08 bits per heavy atom. The molecule has 3 aromatic rings. The number of benzene rings is 2. The monoisotopic (exact) mass is 322 g/mol. The zero-order chi connectivity index (χ0) is 16.9. The number of hydrogen-bond acceptors (Lipinski definition) is 3. The number of aromatic nitrogens is 2. The van der Waals surface area contributed by atoms with Gasteiger partial charge in [-0.2, -0.15) is 0 Å². The molecule has 24 heavy (non-hydrogen) atoms. The number of nitrogens with one attached hydrogen (secondary N) is 3. The van der Waals surface area contributed by atoms with Crippen molar-refractivity contribution in [3.8, 4) is 0 Å². The summed E-state index contributed by atoms with van der Waals surface area (Å²) in [5.41, 5.74) is 2.52. The van der Waals surface area contributed by atoms with Crippen LogP contribution >= 0.6 is 0 Å². The molecule has 0 bridgehead atoms. The number of anilines is 1. The lowest BCUT2D eigenvalue weighted by atomic mass is 10.0. The van der Waals surface area contributed by atoms with E-state index in [1.165, 1.54) is 6.92 Å². The normalized spacial score (nSPS) is 11.9. The molecular weight excluding hydrogens is 304 g/mol. The van der Waals surface area contributed by atoms with Crippen molar-refractivity contribution in [2.45, 2.75) is 19.4 Å². The van der Waals surface area contributed by atoms with E-state index >= 15 is 0 Å². The number of imidazole rings is 1. The minimum absolute atomic E-state index is 0.126. The lowest BCUT2D eigenvalue weighted by molar-refractivity contribution is -0.120. The number of hydrogen-bond donors (Lipinski definition) is 3. The van der Waals surface area contributed by atoms with Crippen LogP contribution in [0.1, 0.15) is 24.9 Å². The Bertz CT molecular complexity index is 825. The van der Waals surface area contributed by atoms with E-state index in [1.54, 1.807) is 0 Å². The number of carbonyl (C=O) groups is 2. The molecule has 0 spiro atoms. The highest BCUT2D eigenvalue weighted by atomic mass is 16.2. The number of aromatic amines is 1. The van der Waals surface area contributed by atoms with Gasteiger partial charge in [0.05, 0.1) is 23.5 Å². The standard InChI is InChI=1S/C18H18N4O2/c1-12(23)19-16(13-7-3-2-4-8-13)11-17(24)22-18-20-14-9-5-6-10-15(14)21-18/h2-10,16H,11H2,1H3,(H,19,23)(H2,20,21,22,24)/t16-/m1/s1. The molecule has 0 fully saturated rings. The highest BCUT2D eigenvalue weighted by Gasteiger charge is 2.17. The molecule has 2 aromatic carbocycles. The molecule has 0 unspecified atom stereocenters. The summed E-state index contributed by atoms with van der Waals surface area (Å²) in [5, 5.41) is 5.56. The Kier molecular flexibility index (Phi) is 4.56. The lowest BCUT2D eigenvalue weighted by Gasteiger charge is -2.17. The average molecular weight is 322 g/mol. The fraction of sp³-hybridized carbons (Fsp3) is 0.167. The maximum Gasteiger partial charge on any atom is 0.229 e. The third-order valence-electron chi connectivity index (χ3n) is 3.62. The number of fused-ring (bicyclic) bond motifs is 1. The predicted octanol–water partition coefficient (Wildman–Crippen LogP) is 2.77. The summed E-state index contributed by atoms with van der Waals surface area (Å²) >= 11 is 0. The number of H-pyrrole nitrogens is 1. The zero-order valence-corrected chi connectivity index (χ0v) is 13.2. The molecule has 1 aromatic heterocycles. The van der Waals surface area contributed by atoms with Crippen molar-refractivity contribution in [1.82, 2.24) is 15.3 Å². The highest BCUT2D eigenvalue weighted by Crippen LogP contribution is 2.18. The van der Waals surface area contributed by atoms with Crippen LogP contribution in [0.5, 0.6) is 0 Å². The second-order valence-corrected chi connectivity index (χ2v) is 5.52. The summed E-state index contributed by atoms with van der Waals surface area (Å²) in [4.78, 5) is 31.1. The number of para-hydroxylation sites is 2. The number of nitrogens with zero attached hydrogens (tertiary/aromatic N) is 1. The molecule has 6 heteroatoms. The van der Waals surface area contributed by atoms with Gasteiger partial charge in [-0.3, -0.25) is 14.9 Å². The minimum atomic E-state index is -0.381. The molecule has 1 atom stereocenters. The molecule has 3 rings (SSSR count). The summed E-state index contributed by atoms with van der Waals surface area (Å²) in [7, 11) is 0. The van der Waals surface area contributed by atoms with Gasteiger partial charge >= 0.3 is 0 Å². The molecule has 3 N–H and O–H groups in total. The van der Waals surface area contributed by atoms with Crippen LogP contribution in [0.2, 0.25) is 0 Å². The summed E-state index contributed by atoms with van der Waals surface area (Å²) in [6.45, 7) is 1.44. The van der Waals surface area contributed by atoms with Gasteiger partial charge in [-0.1, -0.05) is 42.5 Å². The SMILES string of the molecule is CC(=O)N[C@H](CC(=O)Nc1nc2ccccc2[nH]1)c1ccccc1. The maximum atomic E-state index is 12.3. The van der Waals surface area contributed by atoms with Crippen LogP contribution in [-0.2, 0) is 9.59 Å². The van der Waals surface area contributed by atoms with Crippen molar-refractivity contribution in [3.05, 3.63) is 60.2 Å². The van der Waals surface area contributed by atoms with Gasteiger partial charge in [0.1, 0.15) is 0 Å². The van der Waals surface area contributed by atoms with Crippen molar-refractivity contribution in [3.63, 3.8) is 0 Å². The Hall–Kier alpha value is -3.15. The van der Waals surface area contributed by atoms with Crippen molar-refractivity contribution in [2.24, 2.45) is 0 Å². The number of carbonyl (C=O) groups excluding carboxylic acids is 2. The quantitative estimate of drug-likeness (QED) is 0.675. The van der Waals surface area contributed by atoms with Gasteiger partial charge in [-0.25, -0.2) is 4.98 Å². The van der Waals surface area contributed by atoms with E-state index in [0.29, 0.717) is 5.95 Å². The van der Waals surface area contributed by atoms with Gasteiger partial charge in [0.25, 0.3) is 0 Å². The Labute approximate surface area is 139 Å². The Balaban J connectivity index is 1.72. The van der Waals surface area contributed by atoms with Crippen LogP contribution < -0.4 is 10.6 Å². The summed E-state index contributed by atoms with van der Waals surface area (Å²) in [6, 6.07) is 16.6. The molecule has 6 nitrogen and oxygen atoms in total. The van der Waals surface area contributed by atoms with E-state index in [9.17, 15) is 9.59 Å². The van der Waals surface area contributed by atoms with E-state index in [4.69, 9.17) is 0 Å². The lowest BCUT2D eigenvalue weighted by Crippen LogP contribution is -2.29. The molecule has 0 aliphatic heterocycles. The first-order valence-corrected chi connectivity index (χ1v) is 7.68. The summed E-state index contributed by atoms with van der Waals surface area (Å²) in [5.74, 6) is -0.00659. The van der Waals surface area contributed by atoms with Crippen LogP contribution in [0.4, 0.5) is 5.95 Å². The van der Waals surface area contributed by atoms with Gasteiger partial charge in [-0.05, 0) is 17.7 Å². The van der Waals surface area contributed by atoms with Crippen molar-refractivity contribution in [1.29, 1.82) is 0 Å². The average Bonchev–Trinajstić information content (AvgIpc) is 2.96. The number of rotatable bonds is 5. The smallest absolute Gasteiger partial charge is 0.229 e. The molecule has 0 radical (unpaired) electrons. The fourth-order valence-electron chi connectivity index (χ4n) is 2.56. The van der Waals surface area contributed by atoms with Gasteiger partial charge in [0.15, 0.2) is 0 Å². The number of amides is 2. The van der Waals surface area contributed by atoms with Crippen LogP contribution in [0.25, 0.3) is 11.0 Å². The first kappa shape index (κ1) is 15.7. The van der Waals surface area contributed by atoms with E-state index in [2.05, 4.69) is 20.6 Å². The molecular formula is C18H18N4O2. The first-order valence-electron chi connectivity index (χ1n) is 7.68. The van der Waals surface area contributed by atoms with Crippen molar-refractivity contribution < 1.29 is 9.59 Å². The maximum absolute atomic E-state index is 12.3. The largest absolute Gasteiger partial charge is 0.349 e. The molecule has 122 valence electrons. The third kappa shape index (κ3) is 3.78. The van der Waals surface area contributed by atoms with Gasteiger partial charge < -0.3 is 10.3 Å². The van der Waals surface area contributed by atoms with E-state index < -0.39 is 0 Å². The van der Waals surface area contributed by atoms with Gasteiger partial charge in [-0.15, -0.1) is 0 Å². The van der Waals surface area contributed by atoms with Gasteiger partial charge in [0, 0.05) is 6.92 Å². The van der Waals surface area contributed by atoms with Crippen molar-refractivity contribution >= 4 is 28.8 Å². The topological polar surface area (TPSA) is 86.9 Å². The second kappa shape index (κ2) is 6.95. The van der Waals surface area contributed by atoms with E-state index in [1.807, 2.05) is 54.6 Å². The third-order valence-corrected chi connectivity index (χ3v) is 3.62. The predicted molar refractivity (Wildman–Crippen MR) is 92.3 cm³/mol. The zero-order valence-electron chi connectivity index (χ0n) is 13.2. The molecule has 0 saturated heterocycles. The van der Waals surface area contributed by atoms with E-state index in [0.717, 1.165) is 16.6 Å². The van der Waals surface area contributed by atoms with Crippen LogP contribution in [0, 0.1) is 0 Å². The van der Waals surface area contributed by atoms with Crippen LogP contribution in [-0.4, -0.2) is 21.8 Å².